The van der Waals surface area contributed by atoms with E-state index >= 15 is 0 Å². The molecule has 1 unspecified atom stereocenters. The first-order valence-corrected chi connectivity index (χ1v) is 5.46. The number of aryl methyl sites for hydroxylation is 1. The van der Waals surface area contributed by atoms with Crippen LogP contribution in [0, 0.1) is 5.92 Å². The molecule has 3 nitrogen and oxygen atoms in total. The highest BCUT2D eigenvalue weighted by molar-refractivity contribution is 5.26. The number of nitrogens with zero attached hydrogens (tertiary/aromatic N) is 1. The van der Waals surface area contributed by atoms with Gasteiger partial charge in [0, 0.05) is 18.5 Å². The van der Waals surface area contributed by atoms with Crippen molar-refractivity contribution in [3.05, 3.63) is 17.0 Å². The lowest BCUT2D eigenvalue weighted by atomic mass is 9.85. The molecule has 78 valence electrons. The van der Waals surface area contributed by atoms with Gasteiger partial charge < -0.3 is 9.84 Å². The smallest absolute Gasteiger partial charge is 0.140 e. The van der Waals surface area contributed by atoms with Crippen LogP contribution >= 0.6 is 0 Å². The zero-order valence-corrected chi connectivity index (χ0v) is 8.97. The Morgan fingerprint density at radius 1 is 1.57 bits per heavy atom. The van der Waals surface area contributed by atoms with E-state index in [9.17, 15) is 0 Å². The maximum atomic E-state index is 5.34. The predicted octanol–water partition coefficient (Wildman–Crippen LogP) is 1.91. The van der Waals surface area contributed by atoms with E-state index in [1.165, 1.54) is 18.4 Å². The Morgan fingerprint density at radius 3 is 3.14 bits per heavy atom. The van der Waals surface area contributed by atoms with Crippen LogP contribution in [-0.4, -0.2) is 12.2 Å². The monoisotopic (exact) mass is 194 g/mol. The molecule has 1 atom stereocenters. The molecule has 3 heteroatoms. The number of hydrogen-bond acceptors (Lipinski definition) is 3. The summed E-state index contributed by atoms with van der Waals surface area (Å²) in [5, 5.41) is 7.25. The number of rotatable bonds is 3. The Hall–Kier alpha value is -0.830. The van der Waals surface area contributed by atoms with Gasteiger partial charge in [0.1, 0.15) is 11.5 Å². The molecule has 1 aromatic heterocycles. The lowest BCUT2D eigenvalue weighted by Gasteiger charge is -2.19. The van der Waals surface area contributed by atoms with E-state index in [1.807, 2.05) is 7.05 Å². The Balaban J connectivity index is 2.19. The molecule has 0 spiro atoms. The largest absolute Gasteiger partial charge is 0.361 e. The quantitative estimate of drug-likeness (QED) is 0.798. The standard InChI is InChI=1S/C11H18N2O/c1-3-8-4-5-11-9(6-8)10(7-12-2)13-14-11/h8,12H,3-7H2,1-2H3. The van der Waals surface area contributed by atoms with Crippen molar-refractivity contribution in [3.8, 4) is 0 Å². The van der Waals surface area contributed by atoms with Gasteiger partial charge >= 0.3 is 0 Å². The van der Waals surface area contributed by atoms with E-state index in [2.05, 4.69) is 17.4 Å². The Kier molecular flexibility index (Phi) is 2.87. The molecule has 1 aliphatic carbocycles. The van der Waals surface area contributed by atoms with Crippen molar-refractivity contribution < 1.29 is 4.52 Å². The van der Waals surface area contributed by atoms with Gasteiger partial charge in [-0.2, -0.15) is 0 Å². The number of nitrogens with one attached hydrogen (secondary N) is 1. The summed E-state index contributed by atoms with van der Waals surface area (Å²) in [6.45, 7) is 3.09. The first-order valence-electron chi connectivity index (χ1n) is 5.46. The molecular formula is C11H18N2O. The molecular weight excluding hydrogens is 176 g/mol. The van der Waals surface area contributed by atoms with Crippen LogP contribution in [0.4, 0.5) is 0 Å². The summed E-state index contributed by atoms with van der Waals surface area (Å²) in [7, 11) is 1.95. The van der Waals surface area contributed by atoms with E-state index in [4.69, 9.17) is 4.52 Å². The minimum absolute atomic E-state index is 0.829. The van der Waals surface area contributed by atoms with Gasteiger partial charge in [0.05, 0.1) is 0 Å². The predicted molar refractivity (Wildman–Crippen MR) is 55.1 cm³/mol. The van der Waals surface area contributed by atoms with Crippen LogP contribution in [0.15, 0.2) is 4.52 Å². The summed E-state index contributed by atoms with van der Waals surface area (Å²) in [6, 6.07) is 0. The van der Waals surface area contributed by atoms with Gasteiger partial charge in [-0.1, -0.05) is 18.5 Å². The van der Waals surface area contributed by atoms with Crippen LogP contribution < -0.4 is 5.32 Å². The van der Waals surface area contributed by atoms with E-state index in [1.54, 1.807) is 0 Å². The minimum Gasteiger partial charge on any atom is -0.361 e. The maximum absolute atomic E-state index is 5.34. The first kappa shape index (κ1) is 9.71. The molecule has 0 saturated carbocycles. The van der Waals surface area contributed by atoms with Crippen LogP contribution in [0.5, 0.6) is 0 Å². The van der Waals surface area contributed by atoms with Gasteiger partial charge in [-0.05, 0) is 25.8 Å². The second-order valence-corrected chi connectivity index (χ2v) is 4.08. The summed E-state index contributed by atoms with van der Waals surface area (Å²) in [4.78, 5) is 0. The fourth-order valence-electron chi connectivity index (χ4n) is 2.19. The average Bonchev–Trinajstić information content (AvgIpc) is 2.61. The van der Waals surface area contributed by atoms with Gasteiger partial charge in [-0.3, -0.25) is 0 Å². The minimum atomic E-state index is 0.829. The third-order valence-electron chi connectivity index (χ3n) is 3.14. The van der Waals surface area contributed by atoms with Crippen LogP contribution in [0.2, 0.25) is 0 Å². The van der Waals surface area contributed by atoms with Crippen molar-refractivity contribution in [1.82, 2.24) is 10.5 Å². The number of aromatic nitrogens is 1. The lowest BCUT2D eigenvalue weighted by Crippen LogP contribution is -2.15. The highest BCUT2D eigenvalue weighted by atomic mass is 16.5. The molecule has 0 saturated heterocycles. The van der Waals surface area contributed by atoms with Gasteiger partial charge in [-0.25, -0.2) is 0 Å². The zero-order chi connectivity index (χ0) is 9.97. The second kappa shape index (κ2) is 4.13. The van der Waals surface area contributed by atoms with Gasteiger partial charge in [0.25, 0.3) is 0 Å². The van der Waals surface area contributed by atoms with E-state index in [0.29, 0.717) is 0 Å². The topological polar surface area (TPSA) is 38.1 Å². The summed E-state index contributed by atoms with van der Waals surface area (Å²) >= 11 is 0. The zero-order valence-electron chi connectivity index (χ0n) is 8.97. The maximum Gasteiger partial charge on any atom is 0.140 e. The highest BCUT2D eigenvalue weighted by Crippen LogP contribution is 2.29. The Labute approximate surface area is 84.9 Å². The Bertz CT molecular complexity index is 306. The third-order valence-corrected chi connectivity index (χ3v) is 3.14. The van der Waals surface area contributed by atoms with Crippen LogP contribution in [0.25, 0.3) is 0 Å². The molecule has 0 fully saturated rings. The SMILES string of the molecule is CCC1CCc2onc(CNC)c2C1. The molecule has 1 N–H and O–H groups in total. The number of fused-ring (bicyclic) bond motifs is 1. The van der Waals surface area contributed by atoms with Crippen molar-refractivity contribution in [2.45, 2.75) is 39.2 Å². The molecule has 0 bridgehead atoms. The van der Waals surface area contributed by atoms with Crippen molar-refractivity contribution in [1.29, 1.82) is 0 Å². The highest BCUT2D eigenvalue weighted by Gasteiger charge is 2.24. The van der Waals surface area contributed by atoms with E-state index in [0.717, 1.165) is 36.8 Å². The van der Waals surface area contributed by atoms with E-state index in [-0.39, 0.29) is 0 Å². The molecule has 0 aromatic carbocycles. The van der Waals surface area contributed by atoms with Crippen molar-refractivity contribution >= 4 is 0 Å². The average molecular weight is 194 g/mol. The van der Waals surface area contributed by atoms with Crippen LogP contribution in [0.3, 0.4) is 0 Å². The summed E-state index contributed by atoms with van der Waals surface area (Å²) in [5.41, 5.74) is 2.48. The Morgan fingerprint density at radius 2 is 2.43 bits per heavy atom. The normalized spacial score (nSPS) is 20.9. The number of hydrogen-bond donors (Lipinski definition) is 1. The van der Waals surface area contributed by atoms with E-state index < -0.39 is 0 Å². The fourth-order valence-corrected chi connectivity index (χ4v) is 2.19. The van der Waals surface area contributed by atoms with Crippen molar-refractivity contribution in [3.63, 3.8) is 0 Å². The van der Waals surface area contributed by atoms with Gasteiger partial charge in [0.2, 0.25) is 0 Å². The molecule has 1 aromatic rings. The summed E-state index contributed by atoms with van der Waals surface area (Å²) in [6.07, 6.45) is 4.76. The molecule has 0 radical (unpaired) electrons. The van der Waals surface area contributed by atoms with Crippen LogP contribution in [-0.2, 0) is 19.4 Å². The van der Waals surface area contributed by atoms with Crippen LogP contribution in [0.1, 0.15) is 36.8 Å². The fraction of sp³-hybridized carbons (Fsp3) is 0.727. The first-order chi connectivity index (χ1) is 6.85. The molecule has 1 aliphatic rings. The molecule has 2 rings (SSSR count). The molecule has 0 amide bonds. The van der Waals surface area contributed by atoms with Gasteiger partial charge in [0.15, 0.2) is 0 Å². The molecule has 14 heavy (non-hydrogen) atoms. The lowest BCUT2D eigenvalue weighted by molar-refractivity contribution is 0.343. The summed E-state index contributed by atoms with van der Waals surface area (Å²) < 4.78 is 5.34. The van der Waals surface area contributed by atoms with Gasteiger partial charge in [-0.15, -0.1) is 0 Å². The van der Waals surface area contributed by atoms with Crippen molar-refractivity contribution in [2.75, 3.05) is 7.05 Å². The second-order valence-electron chi connectivity index (χ2n) is 4.08. The summed E-state index contributed by atoms with van der Waals surface area (Å²) in [5.74, 6) is 1.96. The molecule has 1 heterocycles. The molecule has 0 aliphatic heterocycles. The van der Waals surface area contributed by atoms with Crippen molar-refractivity contribution in [2.24, 2.45) is 5.92 Å². The third kappa shape index (κ3) is 1.69.